The monoisotopic (exact) mass is 390 g/mol. The number of aliphatic hydroxyl groups is 1. The maximum Gasteiger partial charge on any atom is 0.259 e. The van der Waals surface area contributed by atoms with Crippen LogP contribution in [-0.2, 0) is 6.54 Å². The highest BCUT2D eigenvalue weighted by Gasteiger charge is 2.41. The van der Waals surface area contributed by atoms with E-state index in [9.17, 15) is 9.90 Å². The SMILES string of the molecule is Cc1sc2nc(CN(C)c3ccc(Cl)cn3)cc(=O)n2c1[C@@H]1C[C@@H]1CO. The molecule has 1 aliphatic carbocycles. The van der Waals surface area contributed by atoms with Crippen LogP contribution in [-0.4, -0.2) is 33.1 Å². The molecule has 0 amide bonds. The highest BCUT2D eigenvalue weighted by Crippen LogP contribution is 2.49. The molecule has 136 valence electrons. The van der Waals surface area contributed by atoms with Crippen LogP contribution >= 0.6 is 22.9 Å². The number of hydrogen-bond acceptors (Lipinski definition) is 6. The van der Waals surface area contributed by atoms with E-state index in [4.69, 9.17) is 11.6 Å². The first-order valence-corrected chi connectivity index (χ1v) is 9.63. The van der Waals surface area contributed by atoms with E-state index in [1.165, 1.54) is 11.3 Å². The third-order valence-electron chi connectivity index (χ3n) is 4.80. The highest BCUT2D eigenvalue weighted by atomic mass is 35.5. The Morgan fingerprint density at radius 3 is 2.92 bits per heavy atom. The smallest absolute Gasteiger partial charge is 0.259 e. The van der Waals surface area contributed by atoms with Gasteiger partial charge in [-0.2, -0.15) is 0 Å². The number of anilines is 1. The van der Waals surface area contributed by atoms with E-state index in [0.29, 0.717) is 22.2 Å². The van der Waals surface area contributed by atoms with E-state index in [1.807, 2.05) is 24.9 Å². The molecular formula is C18H19ClN4O2S. The molecule has 6 nitrogen and oxygen atoms in total. The van der Waals surface area contributed by atoms with Gasteiger partial charge < -0.3 is 10.0 Å². The van der Waals surface area contributed by atoms with Crippen molar-refractivity contribution in [2.75, 3.05) is 18.6 Å². The van der Waals surface area contributed by atoms with Crippen molar-refractivity contribution in [1.29, 1.82) is 0 Å². The van der Waals surface area contributed by atoms with Crippen LogP contribution < -0.4 is 10.5 Å². The van der Waals surface area contributed by atoms with Crippen LogP contribution in [0.3, 0.4) is 0 Å². The van der Waals surface area contributed by atoms with Gasteiger partial charge in [0.2, 0.25) is 0 Å². The minimum atomic E-state index is -0.0644. The molecule has 0 unspecified atom stereocenters. The molecule has 4 rings (SSSR count). The van der Waals surface area contributed by atoms with Gasteiger partial charge in [0.1, 0.15) is 5.82 Å². The molecule has 1 N–H and O–H groups in total. The summed E-state index contributed by atoms with van der Waals surface area (Å²) in [5, 5.41) is 9.94. The van der Waals surface area contributed by atoms with Crippen LogP contribution in [0.2, 0.25) is 5.02 Å². The molecule has 0 spiro atoms. The maximum absolute atomic E-state index is 12.7. The summed E-state index contributed by atoms with van der Waals surface area (Å²) in [4.78, 5) is 25.4. The third-order valence-corrected chi connectivity index (χ3v) is 5.99. The van der Waals surface area contributed by atoms with Crippen LogP contribution in [0.15, 0.2) is 29.2 Å². The molecule has 0 radical (unpaired) electrons. The number of aromatic nitrogens is 3. The zero-order valence-corrected chi connectivity index (χ0v) is 16.1. The Morgan fingerprint density at radius 1 is 1.46 bits per heavy atom. The van der Waals surface area contributed by atoms with Crippen LogP contribution in [0.25, 0.3) is 4.96 Å². The normalized spacial score (nSPS) is 19.1. The van der Waals surface area contributed by atoms with Crippen molar-refractivity contribution < 1.29 is 5.11 Å². The summed E-state index contributed by atoms with van der Waals surface area (Å²) in [5.41, 5.74) is 1.66. The fraction of sp³-hybridized carbons (Fsp3) is 0.389. The quantitative estimate of drug-likeness (QED) is 0.725. The lowest BCUT2D eigenvalue weighted by Gasteiger charge is -2.17. The second-order valence-electron chi connectivity index (χ2n) is 6.72. The van der Waals surface area contributed by atoms with E-state index >= 15 is 0 Å². The van der Waals surface area contributed by atoms with Gasteiger partial charge in [-0.3, -0.25) is 9.20 Å². The van der Waals surface area contributed by atoms with E-state index in [2.05, 4.69) is 9.97 Å². The fourth-order valence-corrected chi connectivity index (χ4v) is 4.53. The van der Waals surface area contributed by atoms with E-state index in [1.54, 1.807) is 22.7 Å². The van der Waals surface area contributed by atoms with Gasteiger partial charge in [0.25, 0.3) is 5.56 Å². The summed E-state index contributed by atoms with van der Waals surface area (Å²) in [5.74, 6) is 1.29. The first kappa shape index (κ1) is 17.5. The van der Waals surface area contributed by atoms with Crippen LogP contribution in [0, 0.1) is 12.8 Å². The summed E-state index contributed by atoms with van der Waals surface area (Å²) in [6.45, 7) is 2.67. The number of nitrogens with zero attached hydrogens (tertiary/aromatic N) is 4. The molecule has 3 aromatic rings. The average Bonchev–Trinajstić information content (AvgIpc) is 3.30. The van der Waals surface area contributed by atoms with Gasteiger partial charge in [-0.05, 0) is 31.4 Å². The molecule has 3 heterocycles. The van der Waals surface area contributed by atoms with Crippen molar-refractivity contribution in [3.05, 3.63) is 56.0 Å². The number of hydrogen-bond donors (Lipinski definition) is 1. The number of rotatable bonds is 5. The Balaban J connectivity index is 1.65. The van der Waals surface area contributed by atoms with Gasteiger partial charge in [0.05, 0.1) is 17.3 Å². The van der Waals surface area contributed by atoms with Crippen LogP contribution in [0.5, 0.6) is 0 Å². The molecule has 26 heavy (non-hydrogen) atoms. The Morgan fingerprint density at radius 2 is 2.27 bits per heavy atom. The molecule has 2 atom stereocenters. The van der Waals surface area contributed by atoms with Crippen molar-refractivity contribution in [2.24, 2.45) is 5.92 Å². The van der Waals surface area contributed by atoms with Crippen molar-refractivity contribution in [1.82, 2.24) is 14.4 Å². The molecule has 8 heteroatoms. The zero-order chi connectivity index (χ0) is 18.4. The largest absolute Gasteiger partial charge is 0.396 e. The number of pyridine rings is 1. The first-order chi connectivity index (χ1) is 12.5. The van der Waals surface area contributed by atoms with Gasteiger partial charge >= 0.3 is 0 Å². The van der Waals surface area contributed by atoms with E-state index < -0.39 is 0 Å². The fourth-order valence-electron chi connectivity index (χ4n) is 3.35. The number of halogens is 1. The Kier molecular flexibility index (Phi) is 4.46. The summed E-state index contributed by atoms with van der Waals surface area (Å²) in [7, 11) is 1.90. The first-order valence-electron chi connectivity index (χ1n) is 8.43. The number of fused-ring (bicyclic) bond motifs is 1. The number of thiazole rings is 1. The lowest BCUT2D eigenvalue weighted by molar-refractivity contribution is 0.273. The van der Waals surface area contributed by atoms with Gasteiger partial charge in [-0.25, -0.2) is 9.97 Å². The van der Waals surface area contributed by atoms with Crippen molar-refractivity contribution >= 4 is 33.7 Å². The van der Waals surface area contributed by atoms with Gasteiger partial charge in [-0.15, -0.1) is 11.3 Å². The maximum atomic E-state index is 12.7. The minimum Gasteiger partial charge on any atom is -0.396 e. The molecular weight excluding hydrogens is 372 g/mol. The number of aliphatic hydroxyl groups excluding tert-OH is 1. The lowest BCUT2D eigenvalue weighted by Crippen LogP contribution is -2.22. The molecule has 1 saturated carbocycles. The summed E-state index contributed by atoms with van der Waals surface area (Å²) < 4.78 is 1.71. The molecule has 0 aliphatic heterocycles. The number of aryl methyl sites for hydroxylation is 1. The average molecular weight is 391 g/mol. The summed E-state index contributed by atoms with van der Waals surface area (Å²) >= 11 is 7.41. The molecule has 1 fully saturated rings. The summed E-state index contributed by atoms with van der Waals surface area (Å²) in [6, 6.07) is 5.21. The standard InChI is InChI=1S/C18H19ClN4O2S/c1-10-17(14-5-11(14)9-24)23-16(25)6-13(21-18(23)26-10)8-22(2)15-4-3-12(19)7-20-15/h3-4,6-7,11,14,24H,5,8-9H2,1-2H3/t11-,14-/m1/s1. The van der Waals surface area contributed by atoms with E-state index in [-0.39, 0.29) is 24.0 Å². The molecule has 1 aliphatic rings. The second kappa shape index (κ2) is 6.64. The third kappa shape index (κ3) is 3.11. The molecule has 0 bridgehead atoms. The van der Waals surface area contributed by atoms with Crippen molar-refractivity contribution in [3.8, 4) is 0 Å². The Bertz CT molecular complexity index is 1010. The van der Waals surface area contributed by atoms with Crippen molar-refractivity contribution in [3.63, 3.8) is 0 Å². The van der Waals surface area contributed by atoms with Crippen LogP contribution in [0.4, 0.5) is 5.82 Å². The van der Waals surface area contributed by atoms with Crippen LogP contribution in [0.1, 0.15) is 28.6 Å². The predicted octanol–water partition coefficient (Wildman–Crippen LogP) is 2.85. The Hall–Kier alpha value is -1.96. The molecule has 0 saturated heterocycles. The highest BCUT2D eigenvalue weighted by molar-refractivity contribution is 7.17. The molecule has 0 aromatic carbocycles. The van der Waals surface area contributed by atoms with Gasteiger partial charge in [0, 0.05) is 42.4 Å². The molecule has 3 aromatic heterocycles. The minimum absolute atomic E-state index is 0.0644. The van der Waals surface area contributed by atoms with Gasteiger partial charge in [-0.1, -0.05) is 11.6 Å². The van der Waals surface area contributed by atoms with Gasteiger partial charge in [0.15, 0.2) is 4.96 Å². The second-order valence-corrected chi connectivity index (χ2v) is 8.34. The summed E-state index contributed by atoms with van der Waals surface area (Å²) in [6.07, 6.45) is 2.53. The Labute approximate surface area is 159 Å². The van der Waals surface area contributed by atoms with E-state index in [0.717, 1.165) is 22.8 Å². The zero-order valence-electron chi connectivity index (χ0n) is 14.5. The van der Waals surface area contributed by atoms with Crippen molar-refractivity contribution in [2.45, 2.75) is 25.8 Å². The topological polar surface area (TPSA) is 70.7 Å². The predicted molar refractivity (Wildman–Crippen MR) is 103 cm³/mol. The lowest BCUT2D eigenvalue weighted by atomic mass is 10.2.